The summed E-state index contributed by atoms with van der Waals surface area (Å²) in [7, 11) is 0. The van der Waals surface area contributed by atoms with Gasteiger partial charge in [0.2, 0.25) is 0 Å². The molecule has 0 aromatic heterocycles. The van der Waals surface area contributed by atoms with Gasteiger partial charge in [0.1, 0.15) is 36.6 Å². The average molecular weight is 403 g/mol. The Morgan fingerprint density at radius 2 is 1.37 bits per heavy atom. The van der Waals surface area contributed by atoms with Crippen LogP contribution in [0.15, 0.2) is 0 Å². The minimum atomic E-state index is -1.79. The quantitative estimate of drug-likeness (QED) is 0.155. The van der Waals surface area contributed by atoms with Crippen molar-refractivity contribution in [1.29, 1.82) is 0 Å². The molecule has 5 unspecified atom stereocenters. The summed E-state index contributed by atoms with van der Waals surface area (Å²) in [4.78, 5) is 20.0. The molecule has 0 radical (unpaired) electrons. The summed E-state index contributed by atoms with van der Waals surface area (Å²) in [6.45, 7) is 2.41. The van der Waals surface area contributed by atoms with Crippen molar-refractivity contribution in [3.8, 4) is 0 Å². The number of carboxylic acids is 1. The lowest BCUT2D eigenvalue weighted by atomic mass is 10.0. The minimum absolute atomic E-state index is 0.0258. The molecule has 0 rings (SSSR count). The van der Waals surface area contributed by atoms with Crippen LogP contribution in [0.25, 0.3) is 0 Å². The maximum Gasteiger partial charge on any atom is 0.320 e. The van der Waals surface area contributed by atoms with Gasteiger partial charge in [0.05, 0.1) is 19.8 Å². The first-order chi connectivity index (χ1) is 12.4. The molecule has 0 saturated carbocycles. The fourth-order valence-corrected chi connectivity index (χ4v) is 1.28. The molecular weight excluding hydrogens is 370 g/mol. The fraction of sp³-hybridized carbons (Fsp3) is 0.867. The summed E-state index contributed by atoms with van der Waals surface area (Å²) < 4.78 is 0. The largest absolute Gasteiger partial charge is 0.480 e. The van der Waals surface area contributed by atoms with Crippen LogP contribution in [0, 0.1) is 5.92 Å². The number of hydrogen-bond acceptors (Lipinski definition) is 11. The summed E-state index contributed by atoms with van der Waals surface area (Å²) in [6, 6.07) is -0.690. The van der Waals surface area contributed by atoms with E-state index in [0.717, 1.165) is 0 Å². The summed E-state index contributed by atoms with van der Waals surface area (Å²) in [6.07, 6.45) is -7.24. The summed E-state index contributed by atoms with van der Waals surface area (Å²) in [5.41, 5.74) is 5.22. The number of hydrogen-bond donors (Lipinski definition) is 10. The van der Waals surface area contributed by atoms with E-state index in [9.17, 15) is 9.59 Å². The van der Waals surface area contributed by atoms with Gasteiger partial charge in [-0.05, 0) is 12.3 Å². The van der Waals surface area contributed by atoms with E-state index in [-0.39, 0.29) is 19.5 Å². The third kappa shape index (κ3) is 17.9. The Morgan fingerprint density at radius 3 is 1.56 bits per heavy atom. The summed E-state index contributed by atoms with van der Waals surface area (Å²) in [5.74, 6) is -0.556. The lowest BCUT2D eigenvalue weighted by molar-refractivity contribution is -0.139. The predicted octanol–water partition coefficient (Wildman–Crippen LogP) is -4.60. The SMILES string of the molecule is CC(C)CC(N)C(=O)O.O=CC(O)C(O)C(O)C(O)CO.OCC(O)CO. The minimum Gasteiger partial charge on any atom is -0.480 e. The molecule has 0 aliphatic carbocycles. The lowest BCUT2D eigenvalue weighted by Gasteiger charge is -2.22. The third-order valence-corrected chi connectivity index (χ3v) is 2.88. The second-order valence-electron chi connectivity index (χ2n) is 5.95. The Morgan fingerprint density at radius 1 is 0.926 bits per heavy atom. The molecule has 5 atom stereocenters. The number of carbonyl (C=O) groups excluding carboxylic acids is 1. The first-order valence-electron chi connectivity index (χ1n) is 8.05. The van der Waals surface area contributed by atoms with E-state index in [4.69, 9.17) is 51.7 Å². The summed E-state index contributed by atoms with van der Waals surface area (Å²) >= 11 is 0. The molecular formula is C15H33NO11. The zero-order valence-corrected chi connectivity index (χ0v) is 15.4. The molecule has 0 bridgehead atoms. The van der Waals surface area contributed by atoms with E-state index in [0.29, 0.717) is 12.3 Å². The van der Waals surface area contributed by atoms with E-state index >= 15 is 0 Å². The number of aliphatic carboxylic acids is 1. The number of aldehydes is 1. The van der Waals surface area contributed by atoms with Gasteiger partial charge in [0, 0.05) is 0 Å². The molecule has 0 amide bonds. The van der Waals surface area contributed by atoms with Crippen LogP contribution in [0.5, 0.6) is 0 Å². The highest BCUT2D eigenvalue weighted by Crippen LogP contribution is 2.03. The van der Waals surface area contributed by atoms with Crippen molar-refractivity contribution in [3.63, 3.8) is 0 Å². The molecule has 27 heavy (non-hydrogen) atoms. The molecule has 0 spiro atoms. The number of nitrogens with two attached hydrogens (primary N) is 1. The Kier molecular flexibility index (Phi) is 20.5. The van der Waals surface area contributed by atoms with Crippen molar-refractivity contribution in [2.45, 2.75) is 56.8 Å². The molecule has 0 aromatic rings. The van der Waals surface area contributed by atoms with Gasteiger partial charge in [0.15, 0.2) is 6.29 Å². The highest BCUT2D eigenvalue weighted by molar-refractivity contribution is 5.72. The molecule has 0 heterocycles. The van der Waals surface area contributed by atoms with Crippen LogP contribution in [0.4, 0.5) is 0 Å². The van der Waals surface area contributed by atoms with Gasteiger partial charge >= 0.3 is 5.97 Å². The predicted molar refractivity (Wildman–Crippen MR) is 92.4 cm³/mol. The van der Waals surface area contributed by atoms with Crippen molar-refractivity contribution < 1.29 is 55.5 Å². The van der Waals surface area contributed by atoms with Crippen LogP contribution >= 0.6 is 0 Å². The molecule has 11 N–H and O–H groups in total. The van der Waals surface area contributed by atoms with Crippen LogP contribution in [-0.4, -0.2) is 115 Å². The molecule has 164 valence electrons. The monoisotopic (exact) mass is 403 g/mol. The molecule has 12 nitrogen and oxygen atoms in total. The van der Waals surface area contributed by atoms with Crippen molar-refractivity contribution in [1.82, 2.24) is 0 Å². The third-order valence-electron chi connectivity index (χ3n) is 2.88. The maximum absolute atomic E-state index is 10.1. The van der Waals surface area contributed by atoms with Gasteiger partial charge in [-0.2, -0.15) is 0 Å². The van der Waals surface area contributed by atoms with E-state index in [1.54, 1.807) is 0 Å². The van der Waals surface area contributed by atoms with E-state index in [1.165, 1.54) is 0 Å². The van der Waals surface area contributed by atoms with Crippen molar-refractivity contribution in [2.75, 3.05) is 19.8 Å². The van der Waals surface area contributed by atoms with Crippen LogP contribution in [0.3, 0.4) is 0 Å². The number of carboxylic acid groups (broad SMARTS) is 1. The average Bonchev–Trinajstić information content (AvgIpc) is 2.64. The molecule has 0 aliphatic heterocycles. The fourth-order valence-electron chi connectivity index (χ4n) is 1.28. The first kappa shape index (κ1) is 30.5. The molecule has 0 saturated heterocycles. The zero-order valence-electron chi connectivity index (χ0n) is 15.4. The maximum atomic E-state index is 10.1. The highest BCUT2D eigenvalue weighted by atomic mass is 16.4. The molecule has 0 aromatic carbocycles. The van der Waals surface area contributed by atoms with Gasteiger partial charge in [-0.25, -0.2) is 0 Å². The van der Waals surface area contributed by atoms with E-state index in [1.807, 2.05) is 13.8 Å². The molecule has 0 aliphatic rings. The molecule has 12 heteroatoms. The van der Waals surface area contributed by atoms with Crippen LogP contribution in [0.2, 0.25) is 0 Å². The van der Waals surface area contributed by atoms with Gasteiger partial charge in [-0.15, -0.1) is 0 Å². The zero-order chi connectivity index (χ0) is 22.2. The second kappa shape index (κ2) is 18.2. The van der Waals surface area contributed by atoms with Gasteiger partial charge in [-0.3, -0.25) is 4.79 Å². The number of aliphatic hydroxyl groups excluding tert-OH is 8. The topological polar surface area (TPSA) is 242 Å². The number of rotatable bonds is 10. The smallest absolute Gasteiger partial charge is 0.320 e. The van der Waals surface area contributed by atoms with Crippen LogP contribution in [0.1, 0.15) is 20.3 Å². The van der Waals surface area contributed by atoms with Gasteiger partial charge in [-0.1, -0.05) is 13.8 Å². The lowest BCUT2D eigenvalue weighted by Crippen LogP contribution is -2.46. The van der Waals surface area contributed by atoms with Gasteiger partial charge in [0.25, 0.3) is 0 Å². The van der Waals surface area contributed by atoms with E-state index in [2.05, 4.69) is 0 Å². The van der Waals surface area contributed by atoms with Gasteiger partial charge < -0.3 is 56.5 Å². The van der Waals surface area contributed by atoms with Crippen molar-refractivity contribution >= 4 is 12.3 Å². The van der Waals surface area contributed by atoms with Crippen LogP contribution < -0.4 is 5.73 Å². The van der Waals surface area contributed by atoms with E-state index < -0.39 is 49.1 Å². The van der Waals surface area contributed by atoms with Crippen molar-refractivity contribution in [2.24, 2.45) is 11.7 Å². The highest BCUT2D eigenvalue weighted by Gasteiger charge is 2.29. The second-order valence-corrected chi connectivity index (χ2v) is 5.95. The Balaban J connectivity index is -0.000000340. The summed E-state index contributed by atoms with van der Waals surface area (Å²) in [5, 5.41) is 75.9. The number of aliphatic hydroxyl groups is 8. The Labute approximate surface area is 157 Å². The number of carbonyl (C=O) groups is 2. The normalized spacial score (nSPS) is 16.2. The Bertz CT molecular complexity index is 366. The van der Waals surface area contributed by atoms with Crippen molar-refractivity contribution in [3.05, 3.63) is 0 Å². The standard InChI is InChI=1S/C6H13NO2.C6H12O6.C3H8O3/c1-4(2)3-5(7)6(8)9;7-1-3(9)5(11)6(12)4(10)2-8;4-1-3(6)2-5/h4-5H,3,7H2,1-2H3,(H,8,9);1,3-6,8-12H,2H2;3-6H,1-2H2. The first-order valence-corrected chi connectivity index (χ1v) is 8.05. The molecule has 0 fully saturated rings. The van der Waals surface area contributed by atoms with Crippen LogP contribution in [-0.2, 0) is 9.59 Å². The Hall–Kier alpha value is -1.22.